The first kappa shape index (κ1) is 10.2. The van der Waals surface area contributed by atoms with Crippen LogP contribution >= 0.6 is 0 Å². The van der Waals surface area contributed by atoms with E-state index in [0.717, 1.165) is 11.0 Å². The van der Waals surface area contributed by atoms with E-state index in [9.17, 15) is 9.59 Å². The SMILES string of the molecule is CNC(=O)C(=O)Nc1ccc2nc[nH]c2c1. The van der Waals surface area contributed by atoms with Crippen LogP contribution in [0.1, 0.15) is 0 Å². The van der Waals surface area contributed by atoms with Gasteiger partial charge in [-0.1, -0.05) is 0 Å². The Labute approximate surface area is 91.1 Å². The molecule has 0 aliphatic carbocycles. The molecule has 6 heteroatoms. The molecular formula is C10H10N4O2. The second-order valence-corrected chi connectivity index (χ2v) is 3.17. The molecule has 1 aromatic heterocycles. The number of amides is 2. The molecule has 6 nitrogen and oxygen atoms in total. The van der Waals surface area contributed by atoms with Crippen molar-refractivity contribution >= 4 is 28.5 Å². The van der Waals surface area contributed by atoms with Crippen LogP contribution in [-0.4, -0.2) is 28.8 Å². The molecule has 0 saturated heterocycles. The highest BCUT2D eigenvalue weighted by Gasteiger charge is 2.11. The average molecular weight is 218 g/mol. The molecule has 0 radical (unpaired) electrons. The van der Waals surface area contributed by atoms with Gasteiger partial charge in [0, 0.05) is 12.7 Å². The Hall–Kier alpha value is -2.37. The van der Waals surface area contributed by atoms with Gasteiger partial charge in [0.1, 0.15) is 0 Å². The Morgan fingerprint density at radius 2 is 2.12 bits per heavy atom. The summed E-state index contributed by atoms with van der Waals surface area (Å²) in [5, 5.41) is 4.72. The molecular weight excluding hydrogens is 208 g/mol. The van der Waals surface area contributed by atoms with Crippen molar-refractivity contribution in [3.05, 3.63) is 24.5 Å². The summed E-state index contributed by atoms with van der Waals surface area (Å²) in [4.78, 5) is 29.2. The lowest BCUT2D eigenvalue weighted by atomic mass is 10.2. The topological polar surface area (TPSA) is 86.9 Å². The first-order valence-corrected chi connectivity index (χ1v) is 4.67. The van der Waals surface area contributed by atoms with Gasteiger partial charge in [0.25, 0.3) is 0 Å². The highest BCUT2D eigenvalue weighted by Crippen LogP contribution is 2.15. The molecule has 0 spiro atoms. The van der Waals surface area contributed by atoms with Crippen molar-refractivity contribution in [3.63, 3.8) is 0 Å². The Balaban J connectivity index is 2.21. The van der Waals surface area contributed by atoms with Crippen LogP contribution in [0, 0.1) is 0 Å². The predicted molar refractivity (Wildman–Crippen MR) is 58.8 cm³/mol. The van der Waals surface area contributed by atoms with Gasteiger partial charge in [0.15, 0.2) is 0 Å². The largest absolute Gasteiger partial charge is 0.351 e. The van der Waals surface area contributed by atoms with E-state index in [-0.39, 0.29) is 0 Å². The molecule has 2 amide bonds. The van der Waals surface area contributed by atoms with Crippen LogP contribution in [0.25, 0.3) is 11.0 Å². The van der Waals surface area contributed by atoms with Crippen LogP contribution < -0.4 is 10.6 Å². The number of benzene rings is 1. The highest BCUT2D eigenvalue weighted by atomic mass is 16.2. The molecule has 2 aromatic rings. The van der Waals surface area contributed by atoms with E-state index < -0.39 is 11.8 Å². The van der Waals surface area contributed by atoms with Gasteiger partial charge < -0.3 is 15.6 Å². The lowest BCUT2D eigenvalue weighted by Crippen LogP contribution is -2.32. The molecule has 0 fully saturated rings. The van der Waals surface area contributed by atoms with Crippen molar-refractivity contribution in [1.29, 1.82) is 0 Å². The smallest absolute Gasteiger partial charge is 0.313 e. The summed E-state index contributed by atoms with van der Waals surface area (Å²) < 4.78 is 0. The van der Waals surface area contributed by atoms with E-state index in [1.807, 2.05) is 0 Å². The maximum atomic E-state index is 11.3. The minimum Gasteiger partial charge on any atom is -0.351 e. The number of aromatic nitrogens is 2. The van der Waals surface area contributed by atoms with Crippen molar-refractivity contribution in [2.75, 3.05) is 12.4 Å². The van der Waals surface area contributed by atoms with E-state index >= 15 is 0 Å². The van der Waals surface area contributed by atoms with Gasteiger partial charge in [-0.3, -0.25) is 9.59 Å². The second kappa shape index (κ2) is 4.01. The Kier molecular flexibility index (Phi) is 2.55. The van der Waals surface area contributed by atoms with Crippen LogP contribution in [0.3, 0.4) is 0 Å². The second-order valence-electron chi connectivity index (χ2n) is 3.17. The van der Waals surface area contributed by atoms with Crippen molar-refractivity contribution in [2.45, 2.75) is 0 Å². The monoisotopic (exact) mass is 218 g/mol. The zero-order valence-corrected chi connectivity index (χ0v) is 8.57. The molecule has 0 saturated carbocycles. The number of hydrogen-bond acceptors (Lipinski definition) is 3. The number of carbonyl (C=O) groups is 2. The van der Waals surface area contributed by atoms with Gasteiger partial charge in [-0.25, -0.2) is 4.98 Å². The number of nitrogens with one attached hydrogen (secondary N) is 3. The normalized spacial score (nSPS) is 10.1. The van der Waals surface area contributed by atoms with Crippen LogP contribution in [0.2, 0.25) is 0 Å². The summed E-state index contributed by atoms with van der Waals surface area (Å²) in [5.41, 5.74) is 2.15. The Bertz CT molecular complexity index is 546. The summed E-state index contributed by atoms with van der Waals surface area (Å²) in [6.07, 6.45) is 1.56. The third-order valence-electron chi connectivity index (χ3n) is 2.11. The zero-order valence-electron chi connectivity index (χ0n) is 8.57. The van der Waals surface area contributed by atoms with Crippen molar-refractivity contribution in [3.8, 4) is 0 Å². The van der Waals surface area contributed by atoms with Gasteiger partial charge in [0.05, 0.1) is 17.4 Å². The number of nitrogens with zero attached hydrogens (tertiary/aromatic N) is 1. The predicted octanol–water partition coefficient (Wildman–Crippen LogP) is 0.247. The van der Waals surface area contributed by atoms with E-state index in [1.54, 1.807) is 24.5 Å². The molecule has 2 rings (SSSR count). The number of rotatable bonds is 1. The molecule has 16 heavy (non-hydrogen) atoms. The first-order chi connectivity index (χ1) is 7.70. The number of likely N-dealkylation sites (N-methyl/N-ethyl adjacent to an activating group) is 1. The third-order valence-corrected chi connectivity index (χ3v) is 2.11. The molecule has 3 N–H and O–H groups in total. The number of hydrogen-bond donors (Lipinski definition) is 3. The van der Waals surface area contributed by atoms with Gasteiger partial charge in [-0.15, -0.1) is 0 Å². The average Bonchev–Trinajstić information content (AvgIpc) is 2.75. The molecule has 0 aliphatic heterocycles. The zero-order chi connectivity index (χ0) is 11.5. The fraction of sp³-hybridized carbons (Fsp3) is 0.100. The van der Waals surface area contributed by atoms with Gasteiger partial charge in [-0.05, 0) is 18.2 Å². The van der Waals surface area contributed by atoms with Crippen molar-refractivity contribution in [1.82, 2.24) is 15.3 Å². The quantitative estimate of drug-likeness (QED) is 0.599. The molecule has 0 bridgehead atoms. The molecule has 1 aromatic carbocycles. The van der Waals surface area contributed by atoms with Crippen LogP contribution in [0.15, 0.2) is 24.5 Å². The summed E-state index contributed by atoms with van der Waals surface area (Å²) in [6.45, 7) is 0. The molecule has 0 atom stereocenters. The Morgan fingerprint density at radius 3 is 2.88 bits per heavy atom. The molecule has 1 heterocycles. The lowest BCUT2D eigenvalue weighted by Gasteiger charge is -2.03. The van der Waals surface area contributed by atoms with Crippen LogP contribution in [0.4, 0.5) is 5.69 Å². The van der Waals surface area contributed by atoms with Crippen molar-refractivity contribution < 1.29 is 9.59 Å². The van der Waals surface area contributed by atoms with Gasteiger partial charge in [-0.2, -0.15) is 0 Å². The summed E-state index contributed by atoms with van der Waals surface area (Å²) in [7, 11) is 1.40. The summed E-state index contributed by atoms with van der Waals surface area (Å²) >= 11 is 0. The molecule has 82 valence electrons. The van der Waals surface area contributed by atoms with Gasteiger partial charge in [0.2, 0.25) is 0 Å². The summed E-state index contributed by atoms with van der Waals surface area (Å²) in [6, 6.07) is 5.15. The van der Waals surface area contributed by atoms with E-state index in [1.165, 1.54) is 7.05 Å². The van der Waals surface area contributed by atoms with Crippen LogP contribution in [0.5, 0.6) is 0 Å². The van der Waals surface area contributed by atoms with Crippen molar-refractivity contribution in [2.24, 2.45) is 0 Å². The minimum absolute atomic E-state index is 0.547. The molecule has 0 unspecified atom stereocenters. The lowest BCUT2D eigenvalue weighted by molar-refractivity contribution is -0.135. The van der Waals surface area contributed by atoms with E-state index in [2.05, 4.69) is 20.6 Å². The highest BCUT2D eigenvalue weighted by molar-refractivity contribution is 6.39. The number of fused-ring (bicyclic) bond motifs is 1. The van der Waals surface area contributed by atoms with E-state index in [4.69, 9.17) is 0 Å². The number of aromatic amines is 1. The number of imidazole rings is 1. The van der Waals surface area contributed by atoms with Crippen LogP contribution in [-0.2, 0) is 9.59 Å². The number of H-pyrrole nitrogens is 1. The first-order valence-electron chi connectivity index (χ1n) is 4.67. The number of carbonyl (C=O) groups excluding carboxylic acids is 2. The fourth-order valence-electron chi connectivity index (χ4n) is 1.31. The summed E-state index contributed by atoms with van der Waals surface area (Å²) in [5.74, 6) is -1.37. The Morgan fingerprint density at radius 1 is 1.31 bits per heavy atom. The fourth-order valence-corrected chi connectivity index (χ4v) is 1.31. The van der Waals surface area contributed by atoms with E-state index in [0.29, 0.717) is 5.69 Å². The standard InChI is InChI=1S/C10H10N4O2/c1-11-9(15)10(16)14-6-2-3-7-8(4-6)13-5-12-7/h2-5H,1H3,(H,11,15)(H,12,13)(H,14,16). The molecule has 0 aliphatic rings. The van der Waals surface area contributed by atoms with Gasteiger partial charge >= 0.3 is 11.8 Å². The third kappa shape index (κ3) is 1.85. The maximum absolute atomic E-state index is 11.3. The maximum Gasteiger partial charge on any atom is 0.313 e. The number of anilines is 1. The minimum atomic E-state index is -0.693.